The van der Waals surface area contributed by atoms with Gasteiger partial charge in [0.1, 0.15) is 18.2 Å². The highest BCUT2D eigenvalue weighted by Gasteiger charge is 2.25. The van der Waals surface area contributed by atoms with Crippen molar-refractivity contribution in [3.63, 3.8) is 0 Å². The molecule has 1 unspecified atom stereocenters. The summed E-state index contributed by atoms with van der Waals surface area (Å²) in [5.41, 5.74) is 1.99. The van der Waals surface area contributed by atoms with Crippen LogP contribution in [0.5, 0.6) is 0 Å². The number of hydrogen-bond donors (Lipinski definition) is 1. The van der Waals surface area contributed by atoms with E-state index in [4.69, 9.17) is 9.15 Å². The lowest BCUT2D eigenvalue weighted by Crippen LogP contribution is -2.24. The first-order valence-corrected chi connectivity index (χ1v) is 9.23. The summed E-state index contributed by atoms with van der Waals surface area (Å²) < 4.78 is 23.6. The zero-order valence-electron chi connectivity index (χ0n) is 15.5. The predicted octanol–water partition coefficient (Wildman–Crippen LogP) is 4.34. The van der Waals surface area contributed by atoms with Crippen molar-refractivity contribution in [2.75, 3.05) is 23.4 Å². The van der Waals surface area contributed by atoms with E-state index in [9.17, 15) is 14.0 Å². The Kier molecular flexibility index (Phi) is 5.29. The van der Waals surface area contributed by atoms with Gasteiger partial charge in [0.15, 0.2) is 0 Å². The van der Waals surface area contributed by atoms with E-state index in [1.54, 1.807) is 54.8 Å². The fraction of sp³-hybridized carbons (Fsp3) is 0.182. The zero-order valence-corrected chi connectivity index (χ0v) is 15.5. The summed E-state index contributed by atoms with van der Waals surface area (Å²) in [6.07, 6.45) is 1.52. The lowest BCUT2D eigenvalue weighted by atomic mass is 9.93. The molecule has 7 heteroatoms. The van der Waals surface area contributed by atoms with Gasteiger partial charge < -0.3 is 14.5 Å². The Hall–Kier alpha value is -3.61. The molecular formula is C22H19FN2O4. The zero-order chi connectivity index (χ0) is 20.2. The van der Waals surface area contributed by atoms with Crippen LogP contribution in [-0.2, 0) is 16.0 Å². The van der Waals surface area contributed by atoms with Gasteiger partial charge in [0, 0.05) is 17.8 Å². The molecule has 0 radical (unpaired) electrons. The summed E-state index contributed by atoms with van der Waals surface area (Å²) in [7, 11) is 0. The summed E-state index contributed by atoms with van der Waals surface area (Å²) in [4.78, 5) is 26.2. The fourth-order valence-corrected chi connectivity index (χ4v) is 3.27. The number of benzene rings is 2. The van der Waals surface area contributed by atoms with Crippen molar-refractivity contribution in [2.45, 2.75) is 12.3 Å². The Bertz CT molecular complexity index is 985. The topological polar surface area (TPSA) is 71.8 Å². The van der Waals surface area contributed by atoms with Gasteiger partial charge in [-0.2, -0.15) is 0 Å². The number of cyclic esters (lactones) is 1. The first-order valence-electron chi connectivity index (χ1n) is 9.23. The summed E-state index contributed by atoms with van der Waals surface area (Å²) in [5.74, 6) is -0.476. The van der Waals surface area contributed by atoms with Gasteiger partial charge in [-0.3, -0.25) is 9.69 Å². The Morgan fingerprint density at radius 1 is 1.10 bits per heavy atom. The molecule has 1 aliphatic heterocycles. The Morgan fingerprint density at radius 2 is 1.86 bits per heavy atom. The van der Waals surface area contributed by atoms with Crippen molar-refractivity contribution in [3.8, 4) is 0 Å². The average molecular weight is 394 g/mol. The average Bonchev–Trinajstić information content (AvgIpc) is 3.39. The van der Waals surface area contributed by atoms with Crippen molar-refractivity contribution in [2.24, 2.45) is 0 Å². The lowest BCUT2D eigenvalue weighted by molar-refractivity contribution is -0.117. The second-order valence-corrected chi connectivity index (χ2v) is 6.69. The van der Waals surface area contributed by atoms with Crippen molar-refractivity contribution in [3.05, 3.63) is 84.1 Å². The molecule has 4 rings (SSSR count). The van der Waals surface area contributed by atoms with Gasteiger partial charge in [-0.25, -0.2) is 9.18 Å². The monoisotopic (exact) mass is 394 g/mol. The van der Waals surface area contributed by atoms with Crippen LogP contribution in [0.1, 0.15) is 17.2 Å². The van der Waals surface area contributed by atoms with Gasteiger partial charge in [-0.15, -0.1) is 0 Å². The smallest absolute Gasteiger partial charge is 0.414 e. The predicted molar refractivity (Wildman–Crippen MR) is 105 cm³/mol. The third-order valence-corrected chi connectivity index (χ3v) is 4.78. The van der Waals surface area contributed by atoms with E-state index < -0.39 is 5.92 Å². The molecule has 0 saturated carbocycles. The number of anilines is 2. The van der Waals surface area contributed by atoms with Crippen LogP contribution in [-0.4, -0.2) is 25.2 Å². The first-order chi connectivity index (χ1) is 14.1. The molecular weight excluding hydrogens is 375 g/mol. The van der Waals surface area contributed by atoms with Gasteiger partial charge in [0.05, 0.1) is 18.7 Å². The Balaban J connectivity index is 1.51. The van der Waals surface area contributed by atoms with Crippen molar-refractivity contribution in [1.29, 1.82) is 0 Å². The second kappa shape index (κ2) is 8.18. The second-order valence-electron chi connectivity index (χ2n) is 6.69. The van der Waals surface area contributed by atoms with Crippen molar-refractivity contribution >= 4 is 23.4 Å². The van der Waals surface area contributed by atoms with E-state index in [1.807, 2.05) is 0 Å². The molecule has 0 aliphatic carbocycles. The normalized spacial score (nSPS) is 14.5. The highest BCUT2D eigenvalue weighted by molar-refractivity contribution is 5.96. The number of rotatable bonds is 6. The van der Waals surface area contributed by atoms with E-state index in [0.717, 1.165) is 0 Å². The maximum atomic E-state index is 13.3. The maximum absolute atomic E-state index is 13.3. The van der Waals surface area contributed by atoms with Gasteiger partial charge in [0.25, 0.3) is 0 Å². The number of nitrogens with one attached hydrogen (secondary N) is 1. The molecule has 148 valence electrons. The molecule has 29 heavy (non-hydrogen) atoms. The van der Waals surface area contributed by atoms with E-state index in [0.29, 0.717) is 42.3 Å². The van der Waals surface area contributed by atoms with Crippen LogP contribution in [0.15, 0.2) is 71.3 Å². The largest absolute Gasteiger partial charge is 0.469 e. The summed E-state index contributed by atoms with van der Waals surface area (Å²) in [6.45, 7) is 0.865. The number of nitrogens with zero attached hydrogens (tertiary/aromatic N) is 1. The van der Waals surface area contributed by atoms with Crippen LogP contribution >= 0.6 is 0 Å². The SMILES string of the molecule is O=C(Nc1ccc(N2CCOC2=O)cc1)C(Cc1ccco1)c1ccc(F)cc1. The molecule has 2 amide bonds. The van der Waals surface area contributed by atoms with Crippen molar-refractivity contribution in [1.82, 2.24) is 0 Å². The first kappa shape index (κ1) is 18.7. The molecule has 0 spiro atoms. The number of carbonyl (C=O) groups is 2. The maximum Gasteiger partial charge on any atom is 0.414 e. The van der Waals surface area contributed by atoms with Crippen LogP contribution in [0.4, 0.5) is 20.6 Å². The Morgan fingerprint density at radius 3 is 2.48 bits per heavy atom. The number of amides is 2. The number of hydrogen-bond acceptors (Lipinski definition) is 4. The third-order valence-electron chi connectivity index (χ3n) is 4.78. The number of ether oxygens (including phenoxy) is 1. The van der Waals surface area contributed by atoms with Crippen LogP contribution in [0, 0.1) is 5.82 Å². The van der Waals surface area contributed by atoms with Crippen LogP contribution in [0.2, 0.25) is 0 Å². The molecule has 0 bridgehead atoms. The standard InChI is InChI=1S/C22H19FN2O4/c23-16-5-3-15(4-6-16)20(14-19-2-1-12-28-19)21(26)24-17-7-9-18(10-8-17)25-11-13-29-22(25)27/h1-10,12,20H,11,13-14H2,(H,24,26). The summed E-state index contributed by atoms with van der Waals surface area (Å²) in [6, 6.07) is 16.4. The lowest BCUT2D eigenvalue weighted by Gasteiger charge is -2.17. The molecule has 2 aromatic carbocycles. The van der Waals surface area contributed by atoms with E-state index in [-0.39, 0.29) is 17.8 Å². The number of halogens is 1. The van der Waals surface area contributed by atoms with Crippen LogP contribution in [0.3, 0.4) is 0 Å². The van der Waals surface area contributed by atoms with E-state index >= 15 is 0 Å². The summed E-state index contributed by atoms with van der Waals surface area (Å²) >= 11 is 0. The molecule has 2 heterocycles. The minimum atomic E-state index is -0.546. The van der Waals surface area contributed by atoms with Crippen LogP contribution in [0.25, 0.3) is 0 Å². The third kappa shape index (κ3) is 4.29. The summed E-state index contributed by atoms with van der Waals surface area (Å²) in [5, 5.41) is 2.89. The number of furan rings is 1. The molecule has 1 aliphatic rings. The molecule has 1 atom stereocenters. The number of carbonyl (C=O) groups excluding carboxylic acids is 2. The van der Waals surface area contributed by atoms with Gasteiger partial charge in [-0.05, 0) is 54.1 Å². The molecule has 1 aromatic heterocycles. The van der Waals surface area contributed by atoms with E-state index in [2.05, 4.69) is 5.32 Å². The molecule has 3 aromatic rings. The highest BCUT2D eigenvalue weighted by atomic mass is 19.1. The Labute approximate surface area is 166 Å². The minimum absolute atomic E-state index is 0.235. The fourth-order valence-electron chi connectivity index (χ4n) is 3.27. The quantitative estimate of drug-likeness (QED) is 0.675. The molecule has 1 N–H and O–H groups in total. The van der Waals surface area contributed by atoms with Gasteiger partial charge in [-0.1, -0.05) is 12.1 Å². The molecule has 1 saturated heterocycles. The van der Waals surface area contributed by atoms with E-state index in [1.165, 1.54) is 17.0 Å². The van der Waals surface area contributed by atoms with Crippen LogP contribution < -0.4 is 10.2 Å². The van der Waals surface area contributed by atoms with Crippen molar-refractivity contribution < 1.29 is 23.1 Å². The minimum Gasteiger partial charge on any atom is -0.469 e. The van der Waals surface area contributed by atoms with Gasteiger partial charge >= 0.3 is 6.09 Å². The highest BCUT2D eigenvalue weighted by Crippen LogP contribution is 2.25. The molecule has 1 fully saturated rings. The van der Waals surface area contributed by atoms with Gasteiger partial charge in [0.2, 0.25) is 5.91 Å². The molecule has 6 nitrogen and oxygen atoms in total.